The third-order valence-corrected chi connectivity index (χ3v) is 5.49. The molecule has 21 heavy (non-hydrogen) atoms. The standard InChI is InChI=1S/C17H21BrN2S/c1-2-5-13-8-10-14(11-9-13)16(20-19)12-21-17-7-4-3-6-15(17)18/h3-4,6-11,16,20H,2,5,12,19H2,1H3. The molecule has 1 unspecified atom stereocenters. The van der Waals surface area contributed by atoms with Crippen molar-refractivity contribution in [2.24, 2.45) is 5.84 Å². The van der Waals surface area contributed by atoms with Gasteiger partial charge < -0.3 is 0 Å². The number of thioether (sulfide) groups is 1. The lowest BCUT2D eigenvalue weighted by atomic mass is 10.0. The third-order valence-electron chi connectivity index (χ3n) is 3.36. The van der Waals surface area contributed by atoms with Crippen LogP contribution in [0.2, 0.25) is 0 Å². The molecule has 0 heterocycles. The molecule has 0 aliphatic rings. The van der Waals surface area contributed by atoms with Crippen molar-refractivity contribution in [1.82, 2.24) is 5.43 Å². The molecule has 2 nitrogen and oxygen atoms in total. The summed E-state index contributed by atoms with van der Waals surface area (Å²) in [6, 6.07) is 17.2. The maximum Gasteiger partial charge on any atom is 0.0553 e. The van der Waals surface area contributed by atoms with Crippen LogP contribution in [-0.4, -0.2) is 5.75 Å². The molecule has 0 aliphatic carbocycles. The summed E-state index contributed by atoms with van der Waals surface area (Å²) in [5, 5.41) is 0. The average Bonchev–Trinajstić information content (AvgIpc) is 2.51. The van der Waals surface area contributed by atoms with Crippen LogP contribution >= 0.6 is 27.7 Å². The highest BCUT2D eigenvalue weighted by Gasteiger charge is 2.11. The van der Waals surface area contributed by atoms with Crippen LogP contribution in [0.4, 0.5) is 0 Å². The Bertz CT molecular complexity index is 557. The quantitative estimate of drug-likeness (QED) is 0.424. The van der Waals surface area contributed by atoms with Crippen molar-refractivity contribution in [2.45, 2.75) is 30.7 Å². The van der Waals surface area contributed by atoms with Crippen molar-refractivity contribution in [3.8, 4) is 0 Å². The highest BCUT2D eigenvalue weighted by atomic mass is 79.9. The van der Waals surface area contributed by atoms with Gasteiger partial charge in [0.2, 0.25) is 0 Å². The van der Waals surface area contributed by atoms with Gasteiger partial charge in [-0.25, -0.2) is 0 Å². The van der Waals surface area contributed by atoms with Gasteiger partial charge in [-0.05, 0) is 45.6 Å². The molecule has 0 saturated heterocycles. The molecule has 3 N–H and O–H groups in total. The lowest BCUT2D eigenvalue weighted by Crippen LogP contribution is -2.29. The topological polar surface area (TPSA) is 38.0 Å². The van der Waals surface area contributed by atoms with Crippen LogP contribution in [0.1, 0.15) is 30.5 Å². The Kier molecular flexibility index (Phi) is 6.77. The summed E-state index contributed by atoms with van der Waals surface area (Å²) >= 11 is 5.38. The molecule has 2 rings (SSSR count). The van der Waals surface area contributed by atoms with Gasteiger partial charge >= 0.3 is 0 Å². The van der Waals surface area contributed by atoms with E-state index in [0.29, 0.717) is 0 Å². The predicted octanol–water partition coefficient (Wildman–Crippen LogP) is 4.70. The Morgan fingerprint density at radius 3 is 2.48 bits per heavy atom. The summed E-state index contributed by atoms with van der Waals surface area (Å²) in [5.74, 6) is 6.62. The third kappa shape index (κ3) is 4.85. The summed E-state index contributed by atoms with van der Waals surface area (Å²) in [4.78, 5) is 1.24. The first kappa shape index (κ1) is 16.6. The first-order chi connectivity index (χ1) is 10.2. The Morgan fingerprint density at radius 1 is 1.14 bits per heavy atom. The fourth-order valence-electron chi connectivity index (χ4n) is 2.18. The molecular formula is C17H21BrN2S. The van der Waals surface area contributed by atoms with Crippen LogP contribution in [0.5, 0.6) is 0 Å². The number of rotatable bonds is 7. The molecule has 0 radical (unpaired) electrons. The molecule has 0 fully saturated rings. The molecule has 1 atom stereocenters. The summed E-state index contributed by atoms with van der Waals surface area (Å²) in [6.07, 6.45) is 2.31. The van der Waals surface area contributed by atoms with Gasteiger partial charge in [-0.15, -0.1) is 11.8 Å². The molecular weight excluding hydrogens is 344 g/mol. The highest BCUT2D eigenvalue weighted by Crippen LogP contribution is 2.30. The Balaban J connectivity index is 2.01. The number of nitrogens with two attached hydrogens (primary N) is 1. The fraction of sp³-hybridized carbons (Fsp3) is 0.294. The molecule has 2 aromatic rings. The minimum atomic E-state index is 0.151. The average molecular weight is 365 g/mol. The SMILES string of the molecule is CCCc1ccc(C(CSc2ccccc2Br)NN)cc1. The maximum atomic E-state index is 5.73. The molecule has 0 aliphatic heterocycles. The summed E-state index contributed by atoms with van der Waals surface area (Å²) in [6.45, 7) is 2.20. The van der Waals surface area contributed by atoms with E-state index in [4.69, 9.17) is 5.84 Å². The lowest BCUT2D eigenvalue weighted by Gasteiger charge is -2.17. The molecule has 112 valence electrons. The van der Waals surface area contributed by atoms with Crippen molar-refractivity contribution in [3.63, 3.8) is 0 Å². The zero-order valence-corrected chi connectivity index (χ0v) is 14.6. The Labute approximate surface area is 139 Å². The second-order valence-electron chi connectivity index (χ2n) is 4.95. The van der Waals surface area contributed by atoms with Crippen LogP contribution in [-0.2, 0) is 6.42 Å². The van der Waals surface area contributed by atoms with Gasteiger partial charge in [0.15, 0.2) is 0 Å². The van der Waals surface area contributed by atoms with Gasteiger partial charge in [0.1, 0.15) is 0 Å². The van der Waals surface area contributed by atoms with E-state index in [1.54, 1.807) is 11.8 Å². The minimum absolute atomic E-state index is 0.151. The van der Waals surface area contributed by atoms with E-state index in [2.05, 4.69) is 70.7 Å². The molecule has 0 bridgehead atoms. The fourth-order valence-corrected chi connectivity index (χ4v) is 3.82. The minimum Gasteiger partial charge on any atom is -0.271 e. The monoisotopic (exact) mass is 364 g/mol. The van der Waals surface area contributed by atoms with Crippen LogP contribution < -0.4 is 11.3 Å². The molecule has 0 spiro atoms. The first-order valence-corrected chi connectivity index (χ1v) is 8.94. The molecule has 0 amide bonds. The van der Waals surface area contributed by atoms with E-state index >= 15 is 0 Å². The van der Waals surface area contributed by atoms with E-state index in [-0.39, 0.29) is 6.04 Å². The van der Waals surface area contributed by atoms with Crippen molar-refractivity contribution in [2.75, 3.05) is 5.75 Å². The zero-order valence-electron chi connectivity index (χ0n) is 12.2. The lowest BCUT2D eigenvalue weighted by molar-refractivity contribution is 0.610. The van der Waals surface area contributed by atoms with E-state index < -0.39 is 0 Å². The summed E-state index contributed by atoms with van der Waals surface area (Å²) in [7, 11) is 0. The maximum absolute atomic E-state index is 5.73. The van der Waals surface area contributed by atoms with Crippen molar-refractivity contribution < 1.29 is 0 Å². The van der Waals surface area contributed by atoms with Gasteiger partial charge in [-0.2, -0.15) is 0 Å². The van der Waals surface area contributed by atoms with E-state index in [1.807, 2.05) is 6.07 Å². The van der Waals surface area contributed by atoms with E-state index in [9.17, 15) is 0 Å². The van der Waals surface area contributed by atoms with Crippen molar-refractivity contribution in [1.29, 1.82) is 0 Å². The van der Waals surface area contributed by atoms with Crippen LogP contribution in [0.15, 0.2) is 57.9 Å². The van der Waals surface area contributed by atoms with Gasteiger partial charge in [-0.3, -0.25) is 11.3 Å². The van der Waals surface area contributed by atoms with Crippen LogP contribution in [0.25, 0.3) is 0 Å². The van der Waals surface area contributed by atoms with Gasteiger partial charge in [0.05, 0.1) is 6.04 Å². The smallest absolute Gasteiger partial charge is 0.0553 e. The number of aryl methyl sites for hydroxylation is 1. The predicted molar refractivity (Wildman–Crippen MR) is 95.4 cm³/mol. The van der Waals surface area contributed by atoms with E-state index in [0.717, 1.165) is 16.6 Å². The van der Waals surface area contributed by atoms with Crippen LogP contribution in [0, 0.1) is 0 Å². The normalized spacial score (nSPS) is 12.3. The Morgan fingerprint density at radius 2 is 1.86 bits per heavy atom. The summed E-state index contributed by atoms with van der Waals surface area (Å²) < 4.78 is 1.13. The van der Waals surface area contributed by atoms with Crippen molar-refractivity contribution >= 4 is 27.7 Å². The first-order valence-electron chi connectivity index (χ1n) is 7.17. The van der Waals surface area contributed by atoms with Crippen LogP contribution in [0.3, 0.4) is 0 Å². The number of halogens is 1. The summed E-state index contributed by atoms with van der Waals surface area (Å²) in [5.41, 5.74) is 5.54. The second-order valence-corrected chi connectivity index (χ2v) is 6.87. The number of hydrazine groups is 1. The molecule has 0 saturated carbocycles. The molecule has 0 aromatic heterocycles. The van der Waals surface area contributed by atoms with Gasteiger partial charge in [-0.1, -0.05) is 49.7 Å². The number of hydrogen-bond donors (Lipinski definition) is 2. The van der Waals surface area contributed by atoms with Gasteiger partial charge in [0, 0.05) is 15.1 Å². The Hall–Kier alpha value is -0.810. The van der Waals surface area contributed by atoms with E-state index in [1.165, 1.54) is 22.4 Å². The molecule has 4 heteroatoms. The zero-order chi connectivity index (χ0) is 15.1. The molecule has 2 aromatic carbocycles. The number of hydrogen-bond acceptors (Lipinski definition) is 3. The van der Waals surface area contributed by atoms with Gasteiger partial charge in [0.25, 0.3) is 0 Å². The highest BCUT2D eigenvalue weighted by molar-refractivity contribution is 9.10. The second kappa shape index (κ2) is 8.59. The number of nitrogens with one attached hydrogen (secondary N) is 1. The largest absolute Gasteiger partial charge is 0.271 e. The van der Waals surface area contributed by atoms with Crippen molar-refractivity contribution in [3.05, 3.63) is 64.1 Å². The number of benzene rings is 2.